The van der Waals surface area contributed by atoms with Crippen LogP contribution in [0.1, 0.15) is 42.4 Å². The highest BCUT2D eigenvalue weighted by Gasteiger charge is 2.19. The van der Waals surface area contributed by atoms with Crippen LogP contribution in [0.5, 0.6) is 5.75 Å². The SMILES string of the molecule is CCCn1nc(C(=O)NC(C)c2ccc(OC)c(Br)c2)c2ccccc2c1=O. The van der Waals surface area contributed by atoms with Gasteiger partial charge in [-0.1, -0.05) is 31.2 Å². The molecule has 0 saturated heterocycles. The van der Waals surface area contributed by atoms with Crippen LogP contribution >= 0.6 is 15.9 Å². The Balaban J connectivity index is 1.96. The second-order valence-electron chi connectivity index (χ2n) is 6.51. The van der Waals surface area contributed by atoms with Gasteiger partial charge in [0.15, 0.2) is 5.69 Å². The van der Waals surface area contributed by atoms with Crippen molar-refractivity contribution in [2.75, 3.05) is 7.11 Å². The molecule has 1 N–H and O–H groups in total. The summed E-state index contributed by atoms with van der Waals surface area (Å²) >= 11 is 3.47. The summed E-state index contributed by atoms with van der Waals surface area (Å²) in [5.41, 5.74) is 0.997. The van der Waals surface area contributed by atoms with Crippen LogP contribution in [-0.2, 0) is 6.54 Å². The Bertz CT molecular complexity index is 1080. The van der Waals surface area contributed by atoms with Crippen LogP contribution in [0.15, 0.2) is 51.7 Å². The Hall–Kier alpha value is -2.67. The van der Waals surface area contributed by atoms with E-state index >= 15 is 0 Å². The number of halogens is 1. The van der Waals surface area contributed by atoms with Gasteiger partial charge in [0.05, 0.1) is 23.0 Å². The number of carbonyl (C=O) groups is 1. The van der Waals surface area contributed by atoms with Crippen molar-refractivity contribution in [3.63, 3.8) is 0 Å². The molecule has 0 fully saturated rings. The van der Waals surface area contributed by atoms with Crippen molar-refractivity contribution in [1.29, 1.82) is 0 Å². The van der Waals surface area contributed by atoms with Gasteiger partial charge in [-0.3, -0.25) is 9.59 Å². The fourth-order valence-corrected chi connectivity index (χ4v) is 3.62. The van der Waals surface area contributed by atoms with E-state index in [9.17, 15) is 9.59 Å². The van der Waals surface area contributed by atoms with E-state index in [1.807, 2.05) is 32.0 Å². The molecule has 0 aliphatic heterocycles. The van der Waals surface area contributed by atoms with Crippen molar-refractivity contribution in [2.45, 2.75) is 32.9 Å². The van der Waals surface area contributed by atoms with E-state index in [-0.39, 0.29) is 23.2 Å². The zero-order valence-corrected chi connectivity index (χ0v) is 17.6. The Morgan fingerprint density at radius 3 is 2.61 bits per heavy atom. The molecule has 146 valence electrons. The van der Waals surface area contributed by atoms with Crippen LogP contribution in [0, 0.1) is 0 Å². The molecule has 3 aromatic rings. The number of fused-ring (bicyclic) bond motifs is 1. The van der Waals surface area contributed by atoms with E-state index in [2.05, 4.69) is 26.3 Å². The van der Waals surface area contributed by atoms with Crippen LogP contribution < -0.4 is 15.6 Å². The number of benzene rings is 2. The number of amides is 1. The molecule has 1 amide bonds. The molecule has 0 aliphatic rings. The van der Waals surface area contributed by atoms with Gasteiger partial charge in [0.2, 0.25) is 0 Å². The van der Waals surface area contributed by atoms with E-state index in [0.29, 0.717) is 17.3 Å². The van der Waals surface area contributed by atoms with Crippen molar-refractivity contribution in [2.24, 2.45) is 0 Å². The largest absolute Gasteiger partial charge is 0.496 e. The topological polar surface area (TPSA) is 73.2 Å². The predicted molar refractivity (Wildman–Crippen MR) is 113 cm³/mol. The summed E-state index contributed by atoms with van der Waals surface area (Å²) in [7, 11) is 1.60. The molecule has 7 heteroatoms. The predicted octanol–water partition coefficient (Wildman–Crippen LogP) is 4.07. The maximum atomic E-state index is 13.0. The normalized spacial score (nSPS) is 12.0. The Kier molecular flexibility index (Phi) is 6.14. The van der Waals surface area contributed by atoms with Gasteiger partial charge in [-0.2, -0.15) is 5.10 Å². The van der Waals surface area contributed by atoms with Gasteiger partial charge >= 0.3 is 0 Å². The Morgan fingerprint density at radius 2 is 1.96 bits per heavy atom. The van der Waals surface area contributed by atoms with Gasteiger partial charge in [-0.15, -0.1) is 0 Å². The van der Waals surface area contributed by atoms with Crippen LogP contribution in [0.25, 0.3) is 10.8 Å². The van der Waals surface area contributed by atoms with Crippen LogP contribution in [0.3, 0.4) is 0 Å². The molecule has 0 radical (unpaired) electrons. The molecule has 1 atom stereocenters. The molecule has 0 saturated carbocycles. The van der Waals surface area contributed by atoms with E-state index in [4.69, 9.17) is 4.74 Å². The molecular weight excluding hydrogens is 422 g/mol. The van der Waals surface area contributed by atoms with Gasteiger partial charge in [-0.05, 0) is 53.0 Å². The molecule has 0 bridgehead atoms. The third kappa shape index (κ3) is 3.94. The van der Waals surface area contributed by atoms with Crippen LogP contribution in [0.4, 0.5) is 0 Å². The molecule has 0 aliphatic carbocycles. The zero-order valence-electron chi connectivity index (χ0n) is 16.0. The van der Waals surface area contributed by atoms with Crippen molar-refractivity contribution in [1.82, 2.24) is 15.1 Å². The highest BCUT2D eigenvalue weighted by atomic mass is 79.9. The minimum absolute atomic E-state index is 0.180. The summed E-state index contributed by atoms with van der Waals surface area (Å²) in [6.07, 6.45) is 0.753. The van der Waals surface area contributed by atoms with E-state index in [1.165, 1.54) is 4.68 Å². The van der Waals surface area contributed by atoms with Crippen molar-refractivity contribution >= 4 is 32.6 Å². The standard InChI is InChI=1S/C21H22BrN3O3/c1-4-11-25-21(27)16-8-6-5-7-15(16)19(24-25)20(26)23-13(2)14-9-10-18(28-3)17(22)12-14/h5-10,12-13H,4,11H2,1-3H3,(H,23,26). The van der Waals surface area contributed by atoms with Gasteiger partial charge in [0.1, 0.15) is 5.75 Å². The minimum atomic E-state index is -0.319. The fraction of sp³-hybridized carbons (Fsp3) is 0.286. The maximum absolute atomic E-state index is 13.0. The van der Waals surface area contributed by atoms with E-state index in [1.54, 1.807) is 31.4 Å². The number of hydrogen-bond acceptors (Lipinski definition) is 4. The minimum Gasteiger partial charge on any atom is -0.496 e. The fourth-order valence-electron chi connectivity index (χ4n) is 3.07. The number of aryl methyl sites for hydroxylation is 1. The first kappa shape index (κ1) is 20.1. The molecule has 6 nitrogen and oxygen atoms in total. The quantitative estimate of drug-likeness (QED) is 0.622. The molecule has 28 heavy (non-hydrogen) atoms. The average Bonchev–Trinajstić information content (AvgIpc) is 2.70. The van der Waals surface area contributed by atoms with Crippen molar-refractivity contribution < 1.29 is 9.53 Å². The zero-order chi connectivity index (χ0) is 20.3. The molecule has 1 aromatic heterocycles. The molecule has 1 unspecified atom stereocenters. The van der Waals surface area contributed by atoms with Gasteiger partial charge in [0, 0.05) is 11.9 Å². The number of methoxy groups -OCH3 is 1. The van der Waals surface area contributed by atoms with Gasteiger partial charge in [0.25, 0.3) is 11.5 Å². The van der Waals surface area contributed by atoms with Crippen molar-refractivity contribution in [3.05, 3.63) is 68.5 Å². The summed E-state index contributed by atoms with van der Waals surface area (Å²) in [6.45, 7) is 4.33. The maximum Gasteiger partial charge on any atom is 0.274 e. The average molecular weight is 444 g/mol. The Morgan fingerprint density at radius 1 is 1.25 bits per heavy atom. The third-order valence-corrected chi connectivity index (χ3v) is 5.16. The lowest BCUT2D eigenvalue weighted by Crippen LogP contribution is -2.32. The summed E-state index contributed by atoms with van der Waals surface area (Å²) in [6, 6.07) is 12.5. The lowest BCUT2D eigenvalue weighted by Gasteiger charge is -2.17. The summed E-state index contributed by atoms with van der Waals surface area (Å²) in [5.74, 6) is 0.405. The molecule has 0 spiro atoms. The van der Waals surface area contributed by atoms with Crippen LogP contribution in [-0.4, -0.2) is 22.8 Å². The Labute approximate surface area is 171 Å². The number of aromatic nitrogens is 2. The summed E-state index contributed by atoms with van der Waals surface area (Å²) in [4.78, 5) is 25.6. The van der Waals surface area contributed by atoms with E-state index < -0.39 is 0 Å². The molecular formula is C21H22BrN3O3. The highest BCUT2D eigenvalue weighted by molar-refractivity contribution is 9.10. The number of nitrogens with one attached hydrogen (secondary N) is 1. The third-order valence-electron chi connectivity index (χ3n) is 4.54. The number of ether oxygens (including phenoxy) is 1. The first-order chi connectivity index (χ1) is 13.5. The lowest BCUT2D eigenvalue weighted by atomic mass is 10.1. The van der Waals surface area contributed by atoms with Crippen LogP contribution in [0.2, 0.25) is 0 Å². The van der Waals surface area contributed by atoms with Crippen molar-refractivity contribution in [3.8, 4) is 5.75 Å². The smallest absolute Gasteiger partial charge is 0.274 e. The monoisotopic (exact) mass is 443 g/mol. The highest BCUT2D eigenvalue weighted by Crippen LogP contribution is 2.28. The second-order valence-corrected chi connectivity index (χ2v) is 7.37. The van der Waals surface area contributed by atoms with Gasteiger partial charge in [-0.25, -0.2) is 4.68 Å². The lowest BCUT2D eigenvalue weighted by molar-refractivity contribution is 0.0934. The summed E-state index contributed by atoms with van der Waals surface area (Å²) in [5, 5.41) is 8.38. The second kappa shape index (κ2) is 8.56. The molecule has 2 aromatic carbocycles. The number of rotatable bonds is 6. The number of carbonyl (C=O) groups excluding carboxylic acids is 1. The molecule has 3 rings (SSSR count). The number of nitrogens with zero attached hydrogens (tertiary/aromatic N) is 2. The van der Waals surface area contributed by atoms with Gasteiger partial charge < -0.3 is 10.1 Å². The first-order valence-corrected chi connectivity index (χ1v) is 9.89. The number of hydrogen-bond donors (Lipinski definition) is 1. The first-order valence-electron chi connectivity index (χ1n) is 9.10. The van der Waals surface area contributed by atoms with E-state index in [0.717, 1.165) is 22.2 Å². The molecule has 1 heterocycles. The summed E-state index contributed by atoms with van der Waals surface area (Å²) < 4.78 is 7.43.